The Labute approximate surface area is 103 Å². The summed E-state index contributed by atoms with van der Waals surface area (Å²) in [6.45, 7) is 2.06. The first-order valence-electron chi connectivity index (χ1n) is 5.53. The highest BCUT2D eigenvalue weighted by atomic mass is 31.2. The van der Waals surface area contributed by atoms with E-state index in [4.69, 9.17) is 9.05 Å². The Morgan fingerprint density at radius 2 is 1.76 bits per heavy atom. The van der Waals surface area contributed by atoms with Gasteiger partial charge >= 0.3 is 7.60 Å². The summed E-state index contributed by atoms with van der Waals surface area (Å²) in [4.78, 5) is 0. The van der Waals surface area contributed by atoms with Crippen LogP contribution in [-0.2, 0) is 13.6 Å². The van der Waals surface area contributed by atoms with E-state index in [9.17, 15) is 4.57 Å². The highest BCUT2D eigenvalue weighted by Gasteiger charge is 2.18. The van der Waals surface area contributed by atoms with Crippen LogP contribution < -0.4 is 0 Å². The second-order valence-electron chi connectivity index (χ2n) is 3.80. The van der Waals surface area contributed by atoms with E-state index in [1.807, 2.05) is 12.2 Å². The van der Waals surface area contributed by atoms with Crippen LogP contribution in [0.5, 0.6) is 0 Å². The van der Waals surface area contributed by atoms with E-state index in [1.54, 1.807) is 0 Å². The molecular weight excluding hydrogens is 235 g/mol. The minimum absolute atomic E-state index is 0.405. The molecular formula is C13H19O3P. The third kappa shape index (κ3) is 4.86. The Bertz CT molecular complexity index is 401. The molecule has 0 aliphatic rings. The maximum Gasteiger partial charge on any atom is 0.330 e. The highest BCUT2D eigenvalue weighted by molar-refractivity contribution is 7.53. The maximum atomic E-state index is 11.7. The number of allylic oxidation sites excluding steroid dienone is 1. The number of aryl methyl sites for hydroxylation is 1. The molecule has 0 unspecified atom stereocenters. The van der Waals surface area contributed by atoms with Crippen molar-refractivity contribution in [1.29, 1.82) is 0 Å². The van der Waals surface area contributed by atoms with Gasteiger partial charge in [0.25, 0.3) is 0 Å². The van der Waals surface area contributed by atoms with Gasteiger partial charge in [-0.15, -0.1) is 0 Å². The number of hydrogen-bond acceptors (Lipinski definition) is 3. The van der Waals surface area contributed by atoms with Crippen LogP contribution >= 0.6 is 7.60 Å². The van der Waals surface area contributed by atoms with Crippen LogP contribution in [0, 0.1) is 6.92 Å². The zero-order chi connectivity index (χ0) is 12.7. The summed E-state index contributed by atoms with van der Waals surface area (Å²) in [5, 5.41) is 0. The predicted octanol–water partition coefficient (Wildman–Crippen LogP) is 3.88. The second-order valence-corrected chi connectivity index (χ2v) is 6.20. The van der Waals surface area contributed by atoms with Gasteiger partial charge < -0.3 is 9.05 Å². The first-order chi connectivity index (χ1) is 8.09. The van der Waals surface area contributed by atoms with E-state index in [2.05, 4.69) is 31.2 Å². The van der Waals surface area contributed by atoms with Gasteiger partial charge in [0.2, 0.25) is 0 Å². The van der Waals surface area contributed by atoms with Crippen molar-refractivity contribution < 1.29 is 13.6 Å². The Morgan fingerprint density at radius 1 is 1.18 bits per heavy atom. The summed E-state index contributed by atoms with van der Waals surface area (Å²) in [7, 11) is -0.0401. The van der Waals surface area contributed by atoms with E-state index in [0.29, 0.717) is 12.6 Å². The van der Waals surface area contributed by atoms with Gasteiger partial charge in [0.15, 0.2) is 0 Å². The Hall–Kier alpha value is -0.890. The fourth-order valence-electron chi connectivity index (χ4n) is 1.39. The molecule has 0 heterocycles. The average molecular weight is 254 g/mol. The molecule has 3 nitrogen and oxygen atoms in total. The number of hydrogen-bond donors (Lipinski definition) is 0. The fraction of sp³-hybridized carbons (Fsp3) is 0.385. The molecule has 94 valence electrons. The minimum Gasteiger partial charge on any atom is -0.312 e. The molecule has 0 radical (unpaired) electrons. The molecule has 0 atom stereocenters. The lowest BCUT2D eigenvalue weighted by molar-refractivity contribution is 0.276. The van der Waals surface area contributed by atoms with Crippen molar-refractivity contribution in [2.45, 2.75) is 13.3 Å². The van der Waals surface area contributed by atoms with Crippen LogP contribution in [0.3, 0.4) is 0 Å². The molecule has 0 bridgehead atoms. The zero-order valence-corrected chi connectivity index (χ0v) is 11.4. The lowest BCUT2D eigenvalue weighted by Crippen LogP contribution is -1.93. The van der Waals surface area contributed by atoms with E-state index >= 15 is 0 Å². The maximum absolute atomic E-state index is 11.7. The van der Waals surface area contributed by atoms with Crippen LogP contribution in [0.4, 0.5) is 0 Å². The van der Waals surface area contributed by atoms with Crippen molar-refractivity contribution in [3.05, 3.63) is 41.5 Å². The monoisotopic (exact) mass is 254 g/mol. The molecule has 0 N–H and O–H groups in total. The summed E-state index contributed by atoms with van der Waals surface area (Å²) in [5.74, 6) is 0. The summed E-state index contributed by atoms with van der Waals surface area (Å²) >= 11 is 0. The van der Waals surface area contributed by atoms with Gasteiger partial charge in [-0.25, -0.2) is 0 Å². The van der Waals surface area contributed by atoms with E-state index in [-0.39, 0.29) is 0 Å². The fourth-order valence-corrected chi connectivity index (χ4v) is 2.37. The van der Waals surface area contributed by atoms with Gasteiger partial charge in [-0.2, -0.15) is 0 Å². The third-order valence-corrected chi connectivity index (χ3v) is 4.43. The van der Waals surface area contributed by atoms with Gasteiger partial charge in [0.05, 0.1) is 6.16 Å². The quantitative estimate of drug-likeness (QED) is 0.722. The molecule has 0 fully saturated rings. The molecule has 0 aromatic heterocycles. The largest absolute Gasteiger partial charge is 0.330 e. The van der Waals surface area contributed by atoms with Crippen LogP contribution in [0.25, 0.3) is 6.08 Å². The smallest absolute Gasteiger partial charge is 0.312 e. The van der Waals surface area contributed by atoms with Crippen LogP contribution in [-0.4, -0.2) is 20.4 Å². The molecule has 0 aliphatic heterocycles. The number of rotatable bonds is 6. The van der Waals surface area contributed by atoms with Crippen molar-refractivity contribution in [2.75, 3.05) is 20.4 Å². The topological polar surface area (TPSA) is 35.5 Å². The van der Waals surface area contributed by atoms with Crippen molar-refractivity contribution >= 4 is 13.7 Å². The van der Waals surface area contributed by atoms with Crippen molar-refractivity contribution in [2.24, 2.45) is 0 Å². The molecule has 1 rings (SSSR count). The van der Waals surface area contributed by atoms with E-state index in [1.165, 1.54) is 19.8 Å². The predicted molar refractivity (Wildman–Crippen MR) is 71.3 cm³/mol. The van der Waals surface area contributed by atoms with E-state index in [0.717, 1.165) is 5.56 Å². The van der Waals surface area contributed by atoms with Gasteiger partial charge in [0.1, 0.15) is 0 Å². The highest BCUT2D eigenvalue weighted by Crippen LogP contribution is 2.46. The van der Waals surface area contributed by atoms with Gasteiger partial charge in [-0.3, -0.25) is 4.57 Å². The lowest BCUT2D eigenvalue weighted by atomic mass is 10.1. The third-order valence-electron chi connectivity index (χ3n) is 2.51. The molecule has 0 aliphatic carbocycles. The van der Waals surface area contributed by atoms with Crippen molar-refractivity contribution in [3.63, 3.8) is 0 Å². The van der Waals surface area contributed by atoms with Crippen molar-refractivity contribution in [1.82, 2.24) is 0 Å². The summed E-state index contributed by atoms with van der Waals surface area (Å²) in [6, 6.07) is 8.24. The van der Waals surface area contributed by atoms with E-state index < -0.39 is 7.60 Å². The normalized spacial score (nSPS) is 12.2. The molecule has 17 heavy (non-hydrogen) atoms. The first-order valence-corrected chi connectivity index (χ1v) is 7.26. The number of benzene rings is 1. The van der Waals surface area contributed by atoms with Gasteiger partial charge in [-0.1, -0.05) is 42.0 Å². The standard InChI is InChI=1S/C13H19O3P/c1-12-7-9-13(10-8-12)6-4-5-11-17(14,15-2)16-3/h4,6-10H,5,11H2,1-3H3/b6-4+. The Balaban J connectivity index is 2.46. The first kappa shape index (κ1) is 14.2. The molecule has 0 spiro atoms. The minimum atomic E-state index is -2.86. The van der Waals surface area contributed by atoms with Gasteiger partial charge in [-0.05, 0) is 18.9 Å². The van der Waals surface area contributed by atoms with Crippen LogP contribution in [0.2, 0.25) is 0 Å². The molecule has 1 aromatic rings. The molecule has 0 saturated carbocycles. The SMILES string of the molecule is COP(=O)(CC/C=C/c1ccc(C)cc1)OC. The second kappa shape index (κ2) is 6.75. The summed E-state index contributed by atoms with van der Waals surface area (Å²) in [6.07, 6.45) is 5.07. The van der Waals surface area contributed by atoms with Crippen LogP contribution in [0.15, 0.2) is 30.3 Å². The molecule has 4 heteroatoms. The summed E-state index contributed by atoms with van der Waals surface area (Å²) in [5.41, 5.74) is 2.38. The Morgan fingerprint density at radius 3 is 2.29 bits per heavy atom. The van der Waals surface area contributed by atoms with Gasteiger partial charge in [0, 0.05) is 14.2 Å². The summed E-state index contributed by atoms with van der Waals surface area (Å²) < 4.78 is 21.4. The zero-order valence-electron chi connectivity index (χ0n) is 10.6. The van der Waals surface area contributed by atoms with Crippen LogP contribution in [0.1, 0.15) is 17.5 Å². The molecule has 1 aromatic carbocycles. The average Bonchev–Trinajstić information content (AvgIpc) is 2.36. The molecule has 0 saturated heterocycles. The lowest BCUT2D eigenvalue weighted by Gasteiger charge is -2.11. The Kier molecular flexibility index (Phi) is 5.63. The molecule has 0 amide bonds. The van der Waals surface area contributed by atoms with Crippen molar-refractivity contribution in [3.8, 4) is 0 Å².